The van der Waals surface area contributed by atoms with Gasteiger partial charge in [-0.2, -0.15) is 0 Å². The maximum Gasteiger partial charge on any atom is 0.000752 e. The zero-order valence-corrected chi connectivity index (χ0v) is 11.5. The van der Waals surface area contributed by atoms with Crippen molar-refractivity contribution in [1.29, 1.82) is 0 Å². The Morgan fingerprint density at radius 3 is 1.87 bits per heavy atom. The van der Waals surface area contributed by atoms with Gasteiger partial charge in [0.1, 0.15) is 0 Å². The van der Waals surface area contributed by atoms with E-state index in [4.69, 9.17) is 0 Å². The van der Waals surface area contributed by atoms with Crippen molar-refractivity contribution in [2.24, 2.45) is 10.8 Å². The molecular weight excluding hydrogens is 184 g/mol. The van der Waals surface area contributed by atoms with E-state index in [0.29, 0.717) is 10.8 Å². The van der Waals surface area contributed by atoms with Crippen LogP contribution in [0.4, 0.5) is 0 Å². The molecule has 2 N–H and O–H groups in total. The van der Waals surface area contributed by atoms with Gasteiger partial charge in [-0.05, 0) is 43.8 Å². The summed E-state index contributed by atoms with van der Waals surface area (Å²) in [6, 6.07) is 0. The minimum atomic E-state index is 0.357. The molecule has 15 heavy (non-hydrogen) atoms. The highest BCUT2D eigenvalue weighted by atomic mass is 14.9. The van der Waals surface area contributed by atoms with Crippen molar-refractivity contribution >= 4 is 0 Å². The lowest BCUT2D eigenvalue weighted by atomic mass is 9.69. The number of unbranched alkanes of at least 4 members (excludes halogenated alkanes) is 1. The number of hydrogen-bond acceptors (Lipinski definition) is 2. The standard InChI is InChI=1S/C13H30N2/c1-12(2,3)13(4,5)11-15-10-8-7-9-14-6/h14-15H,7-11H2,1-6H3. The maximum atomic E-state index is 3.56. The predicted octanol–water partition coefficient (Wildman–Crippen LogP) is 2.65. The van der Waals surface area contributed by atoms with E-state index in [0.717, 1.165) is 19.6 Å². The highest BCUT2D eigenvalue weighted by molar-refractivity contribution is 4.84. The molecule has 0 saturated heterocycles. The van der Waals surface area contributed by atoms with Gasteiger partial charge in [0.05, 0.1) is 0 Å². The molecule has 2 heteroatoms. The fourth-order valence-electron chi connectivity index (χ4n) is 1.22. The topological polar surface area (TPSA) is 24.1 Å². The molecule has 0 bridgehead atoms. The highest BCUT2D eigenvalue weighted by Crippen LogP contribution is 2.36. The third-order valence-electron chi connectivity index (χ3n) is 3.63. The zero-order chi connectivity index (χ0) is 11.9. The van der Waals surface area contributed by atoms with E-state index in [1.807, 2.05) is 7.05 Å². The van der Waals surface area contributed by atoms with Gasteiger partial charge >= 0.3 is 0 Å². The molecule has 0 heterocycles. The van der Waals surface area contributed by atoms with Crippen molar-refractivity contribution in [3.05, 3.63) is 0 Å². The number of hydrogen-bond donors (Lipinski definition) is 2. The van der Waals surface area contributed by atoms with Gasteiger partial charge in [0.15, 0.2) is 0 Å². The molecular formula is C13H30N2. The molecule has 0 aliphatic rings. The summed E-state index contributed by atoms with van der Waals surface area (Å²) in [7, 11) is 2.01. The fraction of sp³-hybridized carbons (Fsp3) is 1.00. The molecule has 0 aliphatic heterocycles. The van der Waals surface area contributed by atoms with E-state index < -0.39 is 0 Å². The lowest BCUT2D eigenvalue weighted by Gasteiger charge is -2.39. The minimum Gasteiger partial charge on any atom is -0.320 e. The van der Waals surface area contributed by atoms with Crippen LogP contribution in [0.15, 0.2) is 0 Å². The number of nitrogens with one attached hydrogen (secondary N) is 2. The van der Waals surface area contributed by atoms with Crippen LogP contribution in [0.5, 0.6) is 0 Å². The van der Waals surface area contributed by atoms with Crippen LogP contribution in [0.3, 0.4) is 0 Å². The van der Waals surface area contributed by atoms with E-state index in [1.165, 1.54) is 12.8 Å². The molecule has 0 saturated carbocycles. The first-order valence-electron chi connectivity index (χ1n) is 6.16. The highest BCUT2D eigenvalue weighted by Gasteiger charge is 2.31. The van der Waals surface area contributed by atoms with Crippen molar-refractivity contribution < 1.29 is 0 Å². The SMILES string of the molecule is CNCCCCNCC(C)(C)C(C)(C)C. The van der Waals surface area contributed by atoms with E-state index in [-0.39, 0.29) is 0 Å². The van der Waals surface area contributed by atoms with Crippen LogP contribution in [0.1, 0.15) is 47.5 Å². The largest absolute Gasteiger partial charge is 0.320 e. The molecule has 92 valence electrons. The first-order valence-corrected chi connectivity index (χ1v) is 6.16. The monoisotopic (exact) mass is 214 g/mol. The van der Waals surface area contributed by atoms with Crippen LogP contribution < -0.4 is 10.6 Å². The quantitative estimate of drug-likeness (QED) is 0.637. The summed E-state index contributed by atoms with van der Waals surface area (Å²) in [6.45, 7) is 15.0. The van der Waals surface area contributed by atoms with Crippen LogP contribution >= 0.6 is 0 Å². The van der Waals surface area contributed by atoms with Gasteiger partial charge in [-0.3, -0.25) is 0 Å². The normalized spacial score (nSPS) is 13.2. The Labute approximate surface area is 96.2 Å². The fourth-order valence-corrected chi connectivity index (χ4v) is 1.22. The van der Waals surface area contributed by atoms with Crippen LogP contribution in [-0.4, -0.2) is 26.7 Å². The summed E-state index contributed by atoms with van der Waals surface area (Å²) >= 11 is 0. The van der Waals surface area contributed by atoms with E-state index in [2.05, 4.69) is 45.3 Å². The Balaban J connectivity index is 3.58. The van der Waals surface area contributed by atoms with Crippen molar-refractivity contribution in [2.75, 3.05) is 26.7 Å². The molecule has 0 atom stereocenters. The van der Waals surface area contributed by atoms with E-state index in [9.17, 15) is 0 Å². The minimum absolute atomic E-state index is 0.357. The second-order valence-electron chi connectivity index (χ2n) is 6.12. The van der Waals surface area contributed by atoms with Crippen molar-refractivity contribution in [3.8, 4) is 0 Å². The lowest BCUT2D eigenvalue weighted by Crippen LogP contribution is -2.39. The van der Waals surface area contributed by atoms with E-state index in [1.54, 1.807) is 0 Å². The van der Waals surface area contributed by atoms with Gasteiger partial charge in [0.25, 0.3) is 0 Å². The Morgan fingerprint density at radius 2 is 1.40 bits per heavy atom. The molecule has 0 amide bonds. The second-order valence-corrected chi connectivity index (χ2v) is 6.12. The molecule has 0 radical (unpaired) electrons. The molecule has 0 rings (SSSR count). The van der Waals surface area contributed by atoms with Crippen molar-refractivity contribution in [2.45, 2.75) is 47.5 Å². The molecule has 0 aromatic heterocycles. The molecule has 0 aliphatic carbocycles. The summed E-state index contributed by atoms with van der Waals surface area (Å²) in [4.78, 5) is 0. The summed E-state index contributed by atoms with van der Waals surface area (Å²) in [5, 5.41) is 6.73. The van der Waals surface area contributed by atoms with Gasteiger partial charge in [0, 0.05) is 6.54 Å². The maximum absolute atomic E-state index is 3.56. The third kappa shape index (κ3) is 6.16. The number of rotatable bonds is 7. The van der Waals surface area contributed by atoms with Crippen molar-refractivity contribution in [3.63, 3.8) is 0 Å². The molecule has 0 fully saturated rings. The van der Waals surface area contributed by atoms with Crippen LogP contribution in [0.25, 0.3) is 0 Å². The summed E-state index contributed by atoms with van der Waals surface area (Å²) in [5.74, 6) is 0. The third-order valence-corrected chi connectivity index (χ3v) is 3.63. The molecule has 0 unspecified atom stereocenters. The molecule has 0 aromatic rings. The molecule has 0 spiro atoms. The average molecular weight is 214 g/mol. The van der Waals surface area contributed by atoms with Gasteiger partial charge in [-0.25, -0.2) is 0 Å². The summed E-state index contributed by atoms with van der Waals surface area (Å²) in [5.41, 5.74) is 0.723. The van der Waals surface area contributed by atoms with Crippen LogP contribution in [0, 0.1) is 10.8 Å². The second kappa shape index (κ2) is 6.49. The Hall–Kier alpha value is -0.0800. The molecule has 0 aromatic carbocycles. The van der Waals surface area contributed by atoms with Gasteiger partial charge in [0.2, 0.25) is 0 Å². The van der Waals surface area contributed by atoms with Gasteiger partial charge < -0.3 is 10.6 Å². The van der Waals surface area contributed by atoms with Gasteiger partial charge in [-0.15, -0.1) is 0 Å². The first kappa shape index (κ1) is 14.9. The predicted molar refractivity (Wildman–Crippen MR) is 69.3 cm³/mol. The van der Waals surface area contributed by atoms with Gasteiger partial charge in [-0.1, -0.05) is 34.6 Å². The Bertz CT molecular complexity index is 156. The average Bonchev–Trinajstić information content (AvgIpc) is 2.09. The smallest absolute Gasteiger partial charge is 0.000752 e. The van der Waals surface area contributed by atoms with E-state index >= 15 is 0 Å². The van der Waals surface area contributed by atoms with Crippen LogP contribution in [0.2, 0.25) is 0 Å². The summed E-state index contributed by atoms with van der Waals surface area (Å²) < 4.78 is 0. The molecule has 2 nitrogen and oxygen atoms in total. The summed E-state index contributed by atoms with van der Waals surface area (Å²) in [6.07, 6.45) is 2.53. The lowest BCUT2D eigenvalue weighted by molar-refractivity contribution is 0.129. The Kier molecular flexibility index (Phi) is 6.46. The first-order chi connectivity index (χ1) is 6.81. The van der Waals surface area contributed by atoms with Crippen LogP contribution in [-0.2, 0) is 0 Å². The Morgan fingerprint density at radius 1 is 0.867 bits per heavy atom. The zero-order valence-electron chi connectivity index (χ0n) is 11.5. The van der Waals surface area contributed by atoms with Crippen molar-refractivity contribution in [1.82, 2.24) is 10.6 Å².